The van der Waals surface area contributed by atoms with Gasteiger partial charge < -0.3 is 9.94 Å². The van der Waals surface area contributed by atoms with Gasteiger partial charge in [-0.3, -0.25) is 0 Å². The van der Waals surface area contributed by atoms with Crippen LogP contribution in [-0.4, -0.2) is 18.1 Å². The molecule has 0 aliphatic carbocycles. The zero-order chi connectivity index (χ0) is 13.0. The predicted octanol–water partition coefficient (Wildman–Crippen LogP) is 3.61. The van der Waals surface area contributed by atoms with E-state index < -0.39 is 0 Å². The highest BCUT2D eigenvalue weighted by Crippen LogP contribution is 2.16. The summed E-state index contributed by atoms with van der Waals surface area (Å²) in [6.45, 7) is 0. The van der Waals surface area contributed by atoms with Crippen LogP contribution in [0.3, 0.4) is 0 Å². The molecule has 2 rings (SSSR count). The third-order valence-corrected chi connectivity index (χ3v) is 2.69. The molecule has 0 unspecified atom stereocenters. The molecule has 0 aromatic heterocycles. The molecule has 92 valence electrons. The van der Waals surface area contributed by atoms with Crippen LogP contribution in [0.15, 0.2) is 48.5 Å². The normalized spacial score (nSPS) is 11.3. The summed E-state index contributed by atoms with van der Waals surface area (Å²) in [7, 11) is 1.59. The Labute approximate surface area is 110 Å². The van der Waals surface area contributed by atoms with Crippen molar-refractivity contribution >= 4 is 23.5 Å². The maximum Gasteiger partial charge on any atom is 0.216 e. The molecular weight excluding hydrogens is 250 g/mol. The monoisotopic (exact) mass is 261 g/mol. The minimum atomic E-state index is 0.530. The van der Waals surface area contributed by atoms with Crippen molar-refractivity contribution in [3.63, 3.8) is 0 Å². The standard InChI is InChI=1S/C14H12ClNO2/c1-18-14-4-2-3-11(9-14)10-16(17)13-7-5-12(15)6-8-13/h2-10H,1H3/b16-10-. The van der Waals surface area contributed by atoms with E-state index in [9.17, 15) is 5.21 Å². The van der Waals surface area contributed by atoms with Crippen molar-refractivity contribution in [3.05, 3.63) is 64.3 Å². The highest BCUT2D eigenvalue weighted by atomic mass is 35.5. The fourth-order valence-electron chi connectivity index (χ4n) is 1.52. The van der Waals surface area contributed by atoms with Crippen molar-refractivity contribution in [2.75, 3.05) is 7.11 Å². The third kappa shape index (κ3) is 3.02. The van der Waals surface area contributed by atoms with Crippen molar-refractivity contribution in [2.45, 2.75) is 0 Å². The number of halogens is 1. The zero-order valence-electron chi connectivity index (χ0n) is 9.84. The van der Waals surface area contributed by atoms with Crippen molar-refractivity contribution in [2.24, 2.45) is 0 Å². The minimum Gasteiger partial charge on any atom is -0.618 e. The van der Waals surface area contributed by atoms with E-state index in [0.717, 1.165) is 10.3 Å². The van der Waals surface area contributed by atoms with Crippen LogP contribution in [-0.2, 0) is 0 Å². The van der Waals surface area contributed by atoms with Crippen LogP contribution >= 0.6 is 11.6 Å². The molecule has 0 saturated heterocycles. The Bertz CT molecular complexity index is 564. The lowest BCUT2D eigenvalue weighted by molar-refractivity contribution is -0.354. The summed E-state index contributed by atoms with van der Waals surface area (Å²) in [5, 5.41) is 12.5. The number of methoxy groups -OCH3 is 1. The maximum atomic E-state index is 11.9. The number of benzene rings is 2. The Hall–Kier alpha value is -2.00. The molecule has 0 heterocycles. The van der Waals surface area contributed by atoms with Crippen molar-refractivity contribution in [1.29, 1.82) is 0 Å². The molecule has 0 radical (unpaired) electrons. The zero-order valence-corrected chi connectivity index (χ0v) is 10.6. The molecule has 0 aliphatic rings. The van der Waals surface area contributed by atoms with Crippen LogP contribution in [0.1, 0.15) is 5.56 Å². The summed E-state index contributed by atoms with van der Waals surface area (Å²) in [5.41, 5.74) is 1.31. The van der Waals surface area contributed by atoms with Gasteiger partial charge in [-0.1, -0.05) is 17.7 Å². The summed E-state index contributed by atoms with van der Waals surface area (Å²) in [5.74, 6) is 0.716. The topological polar surface area (TPSA) is 35.3 Å². The first kappa shape index (κ1) is 12.5. The molecule has 3 nitrogen and oxygen atoms in total. The maximum absolute atomic E-state index is 11.9. The first-order valence-electron chi connectivity index (χ1n) is 5.40. The van der Waals surface area contributed by atoms with Gasteiger partial charge in [0.2, 0.25) is 5.69 Å². The van der Waals surface area contributed by atoms with Gasteiger partial charge in [0.25, 0.3) is 0 Å². The van der Waals surface area contributed by atoms with Gasteiger partial charge in [-0.25, -0.2) is 0 Å². The summed E-state index contributed by atoms with van der Waals surface area (Å²) in [4.78, 5) is 0. The number of nitrogens with zero attached hydrogens (tertiary/aromatic N) is 1. The summed E-state index contributed by atoms with van der Waals surface area (Å²) >= 11 is 5.77. The Morgan fingerprint density at radius 2 is 1.89 bits per heavy atom. The average molecular weight is 262 g/mol. The Balaban J connectivity index is 2.29. The second-order valence-corrected chi connectivity index (χ2v) is 4.14. The molecule has 0 saturated carbocycles. The first-order valence-corrected chi connectivity index (χ1v) is 5.78. The van der Waals surface area contributed by atoms with Gasteiger partial charge in [0, 0.05) is 22.7 Å². The van der Waals surface area contributed by atoms with Gasteiger partial charge in [-0.2, -0.15) is 4.74 Å². The predicted molar refractivity (Wildman–Crippen MR) is 72.9 cm³/mol. The molecule has 0 atom stereocenters. The molecule has 0 N–H and O–H groups in total. The molecule has 0 bridgehead atoms. The Kier molecular flexibility index (Phi) is 3.85. The lowest BCUT2D eigenvalue weighted by atomic mass is 10.2. The molecule has 2 aromatic rings. The largest absolute Gasteiger partial charge is 0.618 e. The van der Waals surface area contributed by atoms with Gasteiger partial charge in [0.15, 0.2) is 6.21 Å². The van der Waals surface area contributed by atoms with Crippen LogP contribution < -0.4 is 4.74 Å². The second-order valence-electron chi connectivity index (χ2n) is 3.71. The summed E-state index contributed by atoms with van der Waals surface area (Å²) in [6.07, 6.45) is 1.49. The van der Waals surface area contributed by atoms with E-state index in [4.69, 9.17) is 16.3 Å². The number of hydrogen-bond acceptors (Lipinski definition) is 2. The van der Waals surface area contributed by atoms with Crippen molar-refractivity contribution in [1.82, 2.24) is 0 Å². The first-order chi connectivity index (χ1) is 8.69. The highest BCUT2D eigenvalue weighted by Gasteiger charge is 2.02. The second kappa shape index (κ2) is 5.56. The molecule has 0 spiro atoms. The SMILES string of the molecule is COc1cccc(/C=[N+](\[O-])c2ccc(Cl)cc2)c1. The van der Waals surface area contributed by atoms with Crippen LogP contribution in [0.5, 0.6) is 5.75 Å². The van der Waals surface area contributed by atoms with E-state index in [-0.39, 0.29) is 0 Å². The number of ether oxygens (including phenoxy) is 1. The Morgan fingerprint density at radius 1 is 1.17 bits per heavy atom. The Morgan fingerprint density at radius 3 is 2.56 bits per heavy atom. The smallest absolute Gasteiger partial charge is 0.216 e. The van der Waals surface area contributed by atoms with E-state index in [1.165, 1.54) is 6.21 Å². The van der Waals surface area contributed by atoms with Crippen LogP contribution in [0.25, 0.3) is 0 Å². The highest BCUT2D eigenvalue weighted by molar-refractivity contribution is 6.30. The van der Waals surface area contributed by atoms with Gasteiger partial charge in [-0.15, -0.1) is 0 Å². The lowest BCUT2D eigenvalue weighted by Crippen LogP contribution is -1.98. The number of rotatable bonds is 3. The third-order valence-electron chi connectivity index (χ3n) is 2.44. The fourth-order valence-corrected chi connectivity index (χ4v) is 1.65. The van der Waals surface area contributed by atoms with Crippen LogP contribution in [0.2, 0.25) is 5.02 Å². The molecule has 0 aliphatic heterocycles. The van der Waals surface area contributed by atoms with E-state index in [0.29, 0.717) is 16.5 Å². The molecule has 0 fully saturated rings. The van der Waals surface area contributed by atoms with E-state index in [1.54, 1.807) is 37.4 Å². The van der Waals surface area contributed by atoms with E-state index in [1.807, 2.05) is 18.2 Å². The van der Waals surface area contributed by atoms with Gasteiger partial charge in [-0.05, 0) is 30.3 Å². The quantitative estimate of drug-likeness (QED) is 0.366. The molecule has 0 amide bonds. The summed E-state index contributed by atoms with van der Waals surface area (Å²) < 4.78 is 5.90. The van der Waals surface area contributed by atoms with Crippen LogP contribution in [0, 0.1) is 5.21 Å². The van der Waals surface area contributed by atoms with Gasteiger partial charge >= 0.3 is 0 Å². The lowest BCUT2D eigenvalue weighted by Gasteiger charge is -2.04. The van der Waals surface area contributed by atoms with Crippen molar-refractivity contribution < 1.29 is 9.48 Å². The van der Waals surface area contributed by atoms with E-state index >= 15 is 0 Å². The fraction of sp³-hybridized carbons (Fsp3) is 0.0714. The van der Waals surface area contributed by atoms with Crippen LogP contribution in [0.4, 0.5) is 5.69 Å². The summed E-state index contributed by atoms with van der Waals surface area (Å²) in [6, 6.07) is 14.0. The minimum absolute atomic E-state index is 0.530. The molecular formula is C14H12ClNO2. The van der Waals surface area contributed by atoms with Gasteiger partial charge in [0.05, 0.1) is 7.11 Å². The van der Waals surface area contributed by atoms with E-state index in [2.05, 4.69) is 0 Å². The number of hydrogen-bond donors (Lipinski definition) is 0. The average Bonchev–Trinajstić information content (AvgIpc) is 2.39. The molecule has 4 heteroatoms. The molecule has 18 heavy (non-hydrogen) atoms. The van der Waals surface area contributed by atoms with Gasteiger partial charge in [0.1, 0.15) is 5.75 Å². The molecule has 2 aromatic carbocycles. The van der Waals surface area contributed by atoms with Crippen molar-refractivity contribution in [3.8, 4) is 5.75 Å².